The lowest BCUT2D eigenvalue weighted by atomic mass is 9.77. The Morgan fingerprint density at radius 3 is 2.34 bits per heavy atom. The molecule has 1 fully saturated rings. The maximum atomic E-state index is 14.6. The Bertz CT molecular complexity index is 1680. The van der Waals surface area contributed by atoms with E-state index in [1.807, 2.05) is 0 Å². The Labute approximate surface area is 230 Å². The van der Waals surface area contributed by atoms with Crippen molar-refractivity contribution in [1.29, 1.82) is 0 Å². The number of H-pyrrole nitrogens is 1. The van der Waals surface area contributed by atoms with Crippen LogP contribution in [-0.2, 0) is 16.2 Å². The van der Waals surface area contributed by atoms with Gasteiger partial charge in [-0.1, -0.05) is 42.7 Å². The van der Waals surface area contributed by atoms with Crippen LogP contribution in [0, 0.1) is 0 Å². The predicted molar refractivity (Wildman–Crippen MR) is 136 cm³/mol. The molecule has 218 valence electrons. The van der Waals surface area contributed by atoms with Gasteiger partial charge in [0.15, 0.2) is 6.61 Å². The van der Waals surface area contributed by atoms with Gasteiger partial charge >= 0.3 is 12.4 Å². The summed E-state index contributed by atoms with van der Waals surface area (Å²) < 4.78 is 113. The molecule has 8 nitrogen and oxygen atoms in total. The minimum atomic E-state index is -5.05. The van der Waals surface area contributed by atoms with Crippen molar-refractivity contribution in [2.45, 2.75) is 55.3 Å². The molecule has 2 aromatic heterocycles. The van der Waals surface area contributed by atoms with Crippen LogP contribution in [0.1, 0.15) is 49.1 Å². The van der Waals surface area contributed by atoms with E-state index in [0.29, 0.717) is 37.1 Å². The van der Waals surface area contributed by atoms with Crippen LogP contribution in [0.4, 0.5) is 26.3 Å². The molecular formula is C26H23F6N5O3S. The summed E-state index contributed by atoms with van der Waals surface area (Å²) in [6.07, 6.45) is -5.32. The summed E-state index contributed by atoms with van der Waals surface area (Å²) in [7, 11) is -4.68. The molecule has 0 bridgehead atoms. The van der Waals surface area contributed by atoms with Crippen LogP contribution in [0.2, 0.25) is 0 Å². The van der Waals surface area contributed by atoms with Crippen LogP contribution in [0.25, 0.3) is 33.3 Å². The Morgan fingerprint density at radius 1 is 1.00 bits per heavy atom. The normalized spacial score (nSPS) is 15.4. The van der Waals surface area contributed by atoms with E-state index >= 15 is 0 Å². The van der Waals surface area contributed by atoms with Gasteiger partial charge in [-0.3, -0.25) is 5.10 Å². The summed E-state index contributed by atoms with van der Waals surface area (Å²) in [5, 5.41) is 15.7. The van der Waals surface area contributed by atoms with Crippen molar-refractivity contribution in [3.8, 4) is 28.3 Å². The van der Waals surface area contributed by atoms with Crippen LogP contribution in [0.15, 0.2) is 47.5 Å². The highest BCUT2D eigenvalue weighted by molar-refractivity contribution is 7.89. The molecular weight excluding hydrogens is 576 g/mol. The summed E-state index contributed by atoms with van der Waals surface area (Å²) in [5.74, 6) is -0.900. The van der Waals surface area contributed by atoms with Gasteiger partial charge < -0.3 is 4.74 Å². The second-order valence-electron chi connectivity index (χ2n) is 9.75. The number of ether oxygens (including phenoxy) is 1. The monoisotopic (exact) mass is 599 g/mol. The number of aromatic amines is 1. The Kier molecular flexibility index (Phi) is 7.44. The van der Waals surface area contributed by atoms with Gasteiger partial charge in [0.2, 0.25) is 15.9 Å². The van der Waals surface area contributed by atoms with Gasteiger partial charge in [-0.05, 0) is 42.0 Å². The number of aromatic nitrogens is 4. The van der Waals surface area contributed by atoms with Gasteiger partial charge in [-0.15, -0.1) is 5.10 Å². The van der Waals surface area contributed by atoms with Crippen LogP contribution < -0.4 is 9.88 Å². The van der Waals surface area contributed by atoms with Crippen molar-refractivity contribution in [3.05, 3.63) is 53.7 Å². The number of pyridine rings is 1. The lowest BCUT2D eigenvalue weighted by Crippen LogP contribution is -2.21. The number of benzene rings is 2. The number of fused-ring (bicyclic) bond motifs is 1. The van der Waals surface area contributed by atoms with Crippen molar-refractivity contribution in [2.75, 3.05) is 6.61 Å². The minimum absolute atomic E-state index is 0.00803. The summed E-state index contributed by atoms with van der Waals surface area (Å²) in [6.45, 7) is -1.63. The summed E-state index contributed by atoms with van der Waals surface area (Å²) in [6, 6.07) is 7.69. The molecule has 2 heterocycles. The van der Waals surface area contributed by atoms with Crippen molar-refractivity contribution in [3.63, 3.8) is 0 Å². The fourth-order valence-electron chi connectivity index (χ4n) is 5.37. The van der Waals surface area contributed by atoms with Crippen molar-refractivity contribution in [2.24, 2.45) is 5.14 Å². The second-order valence-corrected chi connectivity index (χ2v) is 11.3. The quantitative estimate of drug-likeness (QED) is 0.249. The lowest BCUT2D eigenvalue weighted by molar-refractivity contribution is -0.154. The second kappa shape index (κ2) is 10.6. The van der Waals surface area contributed by atoms with Gasteiger partial charge in [0.1, 0.15) is 5.69 Å². The number of nitrogens with two attached hydrogens (primary N) is 1. The van der Waals surface area contributed by atoms with Gasteiger partial charge in [0.25, 0.3) is 0 Å². The van der Waals surface area contributed by atoms with E-state index in [1.165, 1.54) is 24.3 Å². The number of halogens is 6. The number of nitrogens with zero attached hydrogens (tertiary/aromatic N) is 3. The highest BCUT2D eigenvalue weighted by Gasteiger charge is 2.41. The topological polar surface area (TPSA) is 124 Å². The summed E-state index contributed by atoms with van der Waals surface area (Å²) in [4.78, 5) is 3.54. The lowest BCUT2D eigenvalue weighted by Gasteiger charge is -2.29. The molecule has 1 aliphatic carbocycles. The predicted octanol–water partition coefficient (Wildman–Crippen LogP) is 6.34. The highest BCUT2D eigenvalue weighted by atomic mass is 32.2. The minimum Gasteiger partial charge on any atom is -0.468 e. The van der Waals surface area contributed by atoms with Crippen LogP contribution in [-0.4, -0.2) is 41.6 Å². The molecule has 0 unspecified atom stereocenters. The Morgan fingerprint density at radius 2 is 1.73 bits per heavy atom. The molecule has 0 saturated heterocycles. The molecule has 4 aromatic rings. The fourth-order valence-corrected chi connectivity index (χ4v) is 6.22. The number of para-hydroxylation sites is 1. The van der Waals surface area contributed by atoms with Gasteiger partial charge in [0, 0.05) is 22.6 Å². The molecule has 3 N–H and O–H groups in total. The SMILES string of the molecule is NS(=O)(=O)c1cc(C(F)(F)F)c(-c2c[nH]nn2)c(-c2cccc3ccc(OCC(F)(F)F)nc23)c1C1CCCCC1. The molecule has 0 atom stereocenters. The molecule has 2 aromatic carbocycles. The average Bonchev–Trinajstić information content (AvgIpc) is 3.44. The van der Waals surface area contributed by atoms with Gasteiger partial charge in [-0.2, -0.15) is 26.3 Å². The molecule has 0 radical (unpaired) electrons. The maximum Gasteiger partial charge on any atom is 0.422 e. The van der Waals surface area contributed by atoms with Crippen molar-refractivity contribution >= 4 is 20.9 Å². The van der Waals surface area contributed by atoms with E-state index < -0.39 is 56.8 Å². The number of hydrogen-bond acceptors (Lipinski definition) is 6. The third-order valence-corrected chi connectivity index (χ3v) is 7.93. The first-order valence-corrected chi connectivity index (χ1v) is 14.1. The molecule has 0 amide bonds. The fraction of sp³-hybridized carbons (Fsp3) is 0.346. The molecule has 5 rings (SSSR count). The molecule has 1 aliphatic rings. The molecule has 0 spiro atoms. The van der Waals surface area contributed by atoms with E-state index in [-0.39, 0.29) is 27.9 Å². The number of sulfonamides is 1. The highest BCUT2D eigenvalue weighted by Crippen LogP contribution is 2.51. The van der Waals surface area contributed by atoms with Gasteiger partial charge in [-0.25, -0.2) is 18.5 Å². The van der Waals surface area contributed by atoms with Crippen molar-refractivity contribution < 1.29 is 39.5 Å². The Balaban J connectivity index is 1.93. The van der Waals surface area contributed by atoms with E-state index in [2.05, 4.69) is 20.4 Å². The third-order valence-electron chi connectivity index (χ3n) is 6.98. The summed E-state index contributed by atoms with van der Waals surface area (Å²) in [5.41, 5.74) is -1.97. The smallest absolute Gasteiger partial charge is 0.422 e. The molecule has 15 heteroatoms. The van der Waals surface area contributed by atoms with E-state index in [9.17, 15) is 34.8 Å². The Hall–Kier alpha value is -3.72. The van der Waals surface area contributed by atoms with Crippen LogP contribution in [0.5, 0.6) is 5.88 Å². The molecule has 0 aliphatic heterocycles. The first-order valence-electron chi connectivity index (χ1n) is 12.5. The number of nitrogens with one attached hydrogen (secondary N) is 1. The number of hydrogen-bond donors (Lipinski definition) is 2. The summed E-state index contributed by atoms with van der Waals surface area (Å²) >= 11 is 0. The largest absolute Gasteiger partial charge is 0.468 e. The first kappa shape index (κ1) is 28.8. The average molecular weight is 600 g/mol. The third kappa shape index (κ3) is 6.00. The zero-order chi connectivity index (χ0) is 29.6. The van der Waals surface area contributed by atoms with E-state index in [0.717, 1.165) is 12.6 Å². The van der Waals surface area contributed by atoms with Gasteiger partial charge in [0.05, 0.1) is 22.2 Å². The zero-order valence-corrected chi connectivity index (χ0v) is 22.0. The molecule has 41 heavy (non-hydrogen) atoms. The first-order chi connectivity index (χ1) is 19.2. The van der Waals surface area contributed by atoms with E-state index in [4.69, 9.17) is 9.88 Å². The maximum absolute atomic E-state index is 14.6. The van der Waals surface area contributed by atoms with Crippen LogP contribution >= 0.6 is 0 Å². The number of rotatable bonds is 6. The standard InChI is InChI=1S/C26H23F6N5O3S/c27-25(28,29)13-40-20-10-9-15-7-4-8-16(24(15)35-20)22-21(14-5-2-1-3-6-14)19(41(33,38)39)11-17(26(30,31)32)23(22)18-12-34-37-36-18/h4,7-12,14H,1-3,5-6,13H2,(H2,33,38,39)(H,34,36,37). The zero-order valence-electron chi connectivity index (χ0n) is 21.2. The van der Waals surface area contributed by atoms with E-state index in [1.54, 1.807) is 6.07 Å². The van der Waals surface area contributed by atoms with Crippen LogP contribution in [0.3, 0.4) is 0 Å². The van der Waals surface area contributed by atoms with Crippen molar-refractivity contribution in [1.82, 2.24) is 20.4 Å². The molecule has 1 saturated carbocycles. The number of alkyl halides is 6. The number of primary sulfonamides is 1.